The van der Waals surface area contributed by atoms with E-state index in [1.165, 1.54) is 26.1 Å². The van der Waals surface area contributed by atoms with Crippen LogP contribution in [0.2, 0.25) is 0 Å². The van der Waals surface area contributed by atoms with Crippen molar-refractivity contribution < 1.29 is 0 Å². The Morgan fingerprint density at radius 2 is 2.05 bits per heavy atom. The van der Waals surface area contributed by atoms with E-state index in [0.29, 0.717) is 18.0 Å². The fourth-order valence-electron chi connectivity index (χ4n) is 2.92. The molecular weight excluding hydrogens is 250 g/mol. The van der Waals surface area contributed by atoms with E-state index in [0.717, 1.165) is 25.6 Å². The lowest BCUT2D eigenvalue weighted by atomic mass is 10.1. The van der Waals surface area contributed by atoms with Crippen LogP contribution in [0.4, 0.5) is 0 Å². The van der Waals surface area contributed by atoms with Gasteiger partial charge in [0, 0.05) is 45.3 Å². The van der Waals surface area contributed by atoms with E-state index in [1.54, 1.807) is 0 Å². The predicted molar refractivity (Wildman–Crippen MR) is 85.2 cm³/mol. The third kappa shape index (κ3) is 4.09. The minimum absolute atomic E-state index is 0.507. The molecule has 0 radical (unpaired) electrons. The molecule has 2 rings (SSSR count). The topological polar surface area (TPSA) is 42.9 Å². The summed E-state index contributed by atoms with van der Waals surface area (Å²) in [6.07, 6.45) is 1.36. The molecule has 20 heavy (non-hydrogen) atoms. The summed E-state index contributed by atoms with van der Waals surface area (Å²) in [5, 5.41) is 7.03. The number of rotatable bonds is 5. The maximum Gasteiger partial charge on any atom is 0.191 e. The number of guanidine groups is 1. The van der Waals surface area contributed by atoms with Gasteiger partial charge in [-0.15, -0.1) is 0 Å². The van der Waals surface area contributed by atoms with Crippen LogP contribution in [0.25, 0.3) is 0 Å². The molecule has 2 atom stereocenters. The molecule has 2 unspecified atom stereocenters. The standard InChI is InChI=1S/C15H31N5/c1-12(2)20-10-13(3)14(11-20)18-15(16-4)17-6-9-19-7-5-8-19/h12-14H,5-11H2,1-4H3,(H2,16,17,18). The SMILES string of the molecule is CN=C(NCCN1CCC1)NC1CN(C(C)C)CC1C. The number of nitrogens with one attached hydrogen (secondary N) is 2. The number of nitrogens with zero attached hydrogens (tertiary/aromatic N) is 3. The molecule has 0 spiro atoms. The second-order valence-corrected chi connectivity index (χ2v) is 6.47. The highest BCUT2D eigenvalue weighted by Crippen LogP contribution is 2.18. The molecule has 2 fully saturated rings. The third-order valence-electron chi connectivity index (χ3n) is 4.59. The Morgan fingerprint density at radius 1 is 1.30 bits per heavy atom. The van der Waals surface area contributed by atoms with E-state index >= 15 is 0 Å². The minimum Gasteiger partial charge on any atom is -0.355 e. The van der Waals surface area contributed by atoms with Crippen molar-refractivity contribution in [1.82, 2.24) is 20.4 Å². The number of likely N-dealkylation sites (tertiary alicyclic amines) is 2. The van der Waals surface area contributed by atoms with Crippen LogP contribution in [0.5, 0.6) is 0 Å². The average Bonchev–Trinajstić information content (AvgIpc) is 2.72. The number of hydrogen-bond acceptors (Lipinski definition) is 3. The molecule has 0 amide bonds. The number of hydrogen-bond donors (Lipinski definition) is 2. The van der Waals surface area contributed by atoms with Crippen LogP contribution in [0.15, 0.2) is 4.99 Å². The van der Waals surface area contributed by atoms with Gasteiger partial charge in [0.15, 0.2) is 5.96 Å². The average molecular weight is 281 g/mol. The molecule has 0 saturated carbocycles. The van der Waals surface area contributed by atoms with Crippen LogP contribution in [0.1, 0.15) is 27.2 Å². The van der Waals surface area contributed by atoms with Crippen molar-refractivity contribution in [2.45, 2.75) is 39.3 Å². The maximum atomic E-state index is 4.35. The zero-order chi connectivity index (χ0) is 14.5. The van der Waals surface area contributed by atoms with Crippen LogP contribution in [0, 0.1) is 5.92 Å². The van der Waals surface area contributed by atoms with Gasteiger partial charge in [0.2, 0.25) is 0 Å². The first-order valence-electron chi connectivity index (χ1n) is 8.03. The molecule has 2 N–H and O–H groups in total. The molecule has 0 aliphatic carbocycles. The first-order valence-corrected chi connectivity index (χ1v) is 8.03. The van der Waals surface area contributed by atoms with Crippen molar-refractivity contribution in [1.29, 1.82) is 0 Å². The lowest BCUT2D eigenvalue weighted by Crippen LogP contribution is -2.49. The van der Waals surface area contributed by atoms with E-state index in [1.807, 2.05) is 7.05 Å². The molecule has 5 heteroatoms. The summed E-state index contributed by atoms with van der Waals surface area (Å²) in [5.41, 5.74) is 0. The molecule has 2 aliphatic heterocycles. The molecule has 0 bridgehead atoms. The minimum atomic E-state index is 0.507. The highest BCUT2D eigenvalue weighted by atomic mass is 15.3. The Kier molecular flexibility index (Phi) is 5.66. The Labute approximate surface area is 123 Å². The van der Waals surface area contributed by atoms with E-state index in [4.69, 9.17) is 0 Å². The van der Waals surface area contributed by atoms with Crippen molar-refractivity contribution in [2.75, 3.05) is 46.3 Å². The molecule has 0 aromatic heterocycles. The molecular formula is C15H31N5. The molecule has 2 saturated heterocycles. The second-order valence-electron chi connectivity index (χ2n) is 6.47. The first-order chi connectivity index (χ1) is 9.60. The van der Waals surface area contributed by atoms with Gasteiger partial charge in [-0.1, -0.05) is 6.92 Å². The van der Waals surface area contributed by atoms with Gasteiger partial charge in [-0.05, 0) is 39.3 Å². The van der Waals surface area contributed by atoms with Gasteiger partial charge in [-0.25, -0.2) is 0 Å². The van der Waals surface area contributed by atoms with Gasteiger partial charge in [-0.2, -0.15) is 0 Å². The monoisotopic (exact) mass is 281 g/mol. The maximum absolute atomic E-state index is 4.35. The predicted octanol–water partition coefficient (Wildman–Crippen LogP) is 0.586. The Hall–Kier alpha value is -0.810. The smallest absolute Gasteiger partial charge is 0.191 e. The third-order valence-corrected chi connectivity index (χ3v) is 4.59. The van der Waals surface area contributed by atoms with E-state index < -0.39 is 0 Å². The van der Waals surface area contributed by atoms with Crippen molar-refractivity contribution in [2.24, 2.45) is 10.9 Å². The van der Waals surface area contributed by atoms with Crippen LogP contribution < -0.4 is 10.6 Å². The van der Waals surface area contributed by atoms with Crippen molar-refractivity contribution in [3.63, 3.8) is 0 Å². The van der Waals surface area contributed by atoms with Crippen molar-refractivity contribution >= 4 is 5.96 Å². The molecule has 5 nitrogen and oxygen atoms in total. The summed E-state index contributed by atoms with van der Waals surface area (Å²) in [7, 11) is 1.86. The highest BCUT2D eigenvalue weighted by Gasteiger charge is 2.31. The van der Waals surface area contributed by atoms with Gasteiger partial charge in [0.1, 0.15) is 0 Å². The van der Waals surface area contributed by atoms with Crippen LogP contribution in [0.3, 0.4) is 0 Å². The fraction of sp³-hybridized carbons (Fsp3) is 0.933. The summed E-state index contributed by atoms with van der Waals surface area (Å²) in [4.78, 5) is 9.36. The van der Waals surface area contributed by atoms with Crippen LogP contribution in [-0.4, -0.2) is 74.2 Å². The molecule has 0 aromatic carbocycles. The summed E-state index contributed by atoms with van der Waals surface area (Å²) in [5.74, 6) is 1.62. The van der Waals surface area contributed by atoms with E-state index in [2.05, 4.69) is 46.2 Å². The first kappa shape index (κ1) is 15.6. The molecule has 116 valence electrons. The summed E-state index contributed by atoms with van der Waals surface area (Å²) < 4.78 is 0. The zero-order valence-corrected chi connectivity index (χ0v) is 13.5. The van der Waals surface area contributed by atoms with Gasteiger partial charge in [0.05, 0.1) is 0 Å². The quantitative estimate of drug-likeness (QED) is 0.572. The van der Waals surface area contributed by atoms with Crippen molar-refractivity contribution in [3.05, 3.63) is 0 Å². The van der Waals surface area contributed by atoms with E-state index in [-0.39, 0.29) is 0 Å². The Balaban J connectivity index is 1.72. The van der Waals surface area contributed by atoms with Gasteiger partial charge in [0.25, 0.3) is 0 Å². The Morgan fingerprint density at radius 3 is 2.55 bits per heavy atom. The molecule has 2 aliphatic rings. The Bertz CT molecular complexity index is 324. The number of aliphatic imine (C=N–C) groups is 1. The normalized spacial score (nSPS) is 28.8. The van der Waals surface area contributed by atoms with Gasteiger partial charge in [-0.3, -0.25) is 9.89 Å². The fourth-order valence-corrected chi connectivity index (χ4v) is 2.92. The highest BCUT2D eigenvalue weighted by molar-refractivity contribution is 5.80. The van der Waals surface area contributed by atoms with Gasteiger partial charge < -0.3 is 15.5 Å². The zero-order valence-electron chi connectivity index (χ0n) is 13.5. The second kappa shape index (κ2) is 7.27. The lowest BCUT2D eigenvalue weighted by molar-refractivity contribution is 0.185. The van der Waals surface area contributed by atoms with Crippen molar-refractivity contribution in [3.8, 4) is 0 Å². The van der Waals surface area contributed by atoms with Gasteiger partial charge >= 0.3 is 0 Å². The molecule has 0 aromatic rings. The van der Waals surface area contributed by atoms with Crippen LogP contribution in [-0.2, 0) is 0 Å². The van der Waals surface area contributed by atoms with E-state index in [9.17, 15) is 0 Å². The largest absolute Gasteiger partial charge is 0.355 e. The summed E-state index contributed by atoms with van der Waals surface area (Å²) >= 11 is 0. The lowest BCUT2D eigenvalue weighted by Gasteiger charge is -2.31. The summed E-state index contributed by atoms with van der Waals surface area (Å²) in [6.45, 7) is 13.8. The molecule has 2 heterocycles. The summed E-state index contributed by atoms with van der Waals surface area (Å²) in [6, 6.07) is 1.14. The van der Waals surface area contributed by atoms with Crippen LogP contribution >= 0.6 is 0 Å².